The molecule has 16 heavy (non-hydrogen) atoms. The molecule has 4 heteroatoms. The third kappa shape index (κ3) is 6.59. The van der Waals surface area contributed by atoms with Gasteiger partial charge in [0.05, 0.1) is 0 Å². The standard InChI is InChI=1S/C12H18BN3/c1-5-9-11-12(10-6-2)13-16(8-4)15-14-7-3/h5-11,13H,3-4H2,1-2H3/b9-5-,10-6-,12-11+,15-14-. The van der Waals surface area contributed by atoms with Crippen molar-refractivity contribution >= 4 is 7.41 Å². The summed E-state index contributed by atoms with van der Waals surface area (Å²) in [5.41, 5.74) is 1.13. The van der Waals surface area contributed by atoms with Crippen LogP contribution in [0.5, 0.6) is 0 Å². The molecule has 0 aliphatic carbocycles. The number of hydrogen-bond acceptors (Lipinski definition) is 2. The highest BCUT2D eigenvalue weighted by atomic mass is 15.5. The average molecular weight is 215 g/mol. The maximum Gasteiger partial charge on any atom is 0.301 e. The first-order valence-electron chi connectivity index (χ1n) is 5.13. The first-order chi connectivity index (χ1) is 7.78. The van der Waals surface area contributed by atoms with E-state index in [1.165, 1.54) is 6.20 Å². The van der Waals surface area contributed by atoms with Gasteiger partial charge in [-0.15, -0.1) is 5.11 Å². The minimum absolute atomic E-state index is 0.634. The monoisotopic (exact) mass is 215 g/mol. The van der Waals surface area contributed by atoms with Crippen molar-refractivity contribution in [2.24, 2.45) is 10.3 Å². The van der Waals surface area contributed by atoms with Gasteiger partial charge in [0.2, 0.25) is 0 Å². The Labute approximate surface area is 98.5 Å². The van der Waals surface area contributed by atoms with E-state index in [0.29, 0.717) is 7.41 Å². The van der Waals surface area contributed by atoms with Crippen LogP contribution >= 0.6 is 0 Å². The molecule has 0 N–H and O–H groups in total. The van der Waals surface area contributed by atoms with E-state index in [2.05, 4.69) is 23.5 Å². The number of rotatable bonds is 7. The topological polar surface area (TPSA) is 28.0 Å². The fourth-order valence-electron chi connectivity index (χ4n) is 1.02. The van der Waals surface area contributed by atoms with Crippen molar-refractivity contribution in [2.45, 2.75) is 13.8 Å². The first-order valence-corrected chi connectivity index (χ1v) is 5.13. The van der Waals surface area contributed by atoms with E-state index in [4.69, 9.17) is 0 Å². The zero-order chi connectivity index (χ0) is 12.2. The van der Waals surface area contributed by atoms with E-state index in [9.17, 15) is 0 Å². The lowest BCUT2D eigenvalue weighted by atomic mass is 9.80. The van der Waals surface area contributed by atoms with Gasteiger partial charge in [0.15, 0.2) is 0 Å². The molecule has 0 bridgehead atoms. The van der Waals surface area contributed by atoms with Crippen molar-refractivity contribution < 1.29 is 0 Å². The molecule has 0 aromatic rings. The van der Waals surface area contributed by atoms with Crippen molar-refractivity contribution in [3.63, 3.8) is 0 Å². The summed E-state index contributed by atoms with van der Waals surface area (Å²) in [5.74, 6) is 0. The molecule has 0 unspecified atom stereocenters. The highest BCUT2D eigenvalue weighted by Crippen LogP contribution is 2.01. The van der Waals surface area contributed by atoms with Gasteiger partial charge in [0, 0.05) is 12.4 Å². The lowest BCUT2D eigenvalue weighted by Gasteiger charge is -2.10. The molecule has 0 spiro atoms. The van der Waals surface area contributed by atoms with E-state index >= 15 is 0 Å². The molecule has 0 aliphatic rings. The summed E-state index contributed by atoms with van der Waals surface area (Å²) in [6.07, 6.45) is 13.0. The Hall–Kier alpha value is -1.84. The summed E-state index contributed by atoms with van der Waals surface area (Å²) in [5, 5.41) is 7.62. The molecule has 0 amide bonds. The predicted molar refractivity (Wildman–Crippen MR) is 71.9 cm³/mol. The molecule has 0 rings (SSSR count). The molecule has 0 radical (unpaired) electrons. The van der Waals surface area contributed by atoms with Gasteiger partial charge in [-0.1, -0.05) is 54.2 Å². The Balaban J connectivity index is 4.64. The van der Waals surface area contributed by atoms with Crippen LogP contribution < -0.4 is 0 Å². The Morgan fingerprint density at radius 3 is 2.50 bits per heavy atom. The molecule has 0 fully saturated rings. The quantitative estimate of drug-likeness (QED) is 0.277. The zero-order valence-electron chi connectivity index (χ0n) is 10.0. The summed E-state index contributed by atoms with van der Waals surface area (Å²) >= 11 is 0. The van der Waals surface area contributed by atoms with Crippen LogP contribution in [0.1, 0.15) is 13.8 Å². The SMILES string of the molecule is C=C/N=N\N(BC(/C=C\C)=C/C=C\C)C=C. The largest absolute Gasteiger partial charge is 0.301 e. The van der Waals surface area contributed by atoms with Crippen molar-refractivity contribution in [1.82, 2.24) is 4.92 Å². The number of allylic oxidation sites excluding steroid dienone is 6. The second-order valence-corrected chi connectivity index (χ2v) is 2.94. The first kappa shape index (κ1) is 14.2. The van der Waals surface area contributed by atoms with Crippen molar-refractivity contribution in [1.29, 1.82) is 0 Å². The normalized spacial score (nSPS) is 12.5. The Morgan fingerprint density at radius 1 is 1.25 bits per heavy atom. The second-order valence-electron chi connectivity index (χ2n) is 2.94. The fraction of sp³-hybridized carbons (Fsp3) is 0.167. The summed E-state index contributed by atoms with van der Waals surface area (Å²) in [6, 6.07) is 0. The Kier molecular flexibility index (Phi) is 8.60. The highest BCUT2D eigenvalue weighted by Gasteiger charge is 2.01. The van der Waals surface area contributed by atoms with Gasteiger partial charge >= 0.3 is 7.41 Å². The summed E-state index contributed by atoms with van der Waals surface area (Å²) in [4.78, 5) is 1.65. The maximum absolute atomic E-state index is 3.91. The van der Waals surface area contributed by atoms with Gasteiger partial charge in [-0.2, -0.15) is 0 Å². The van der Waals surface area contributed by atoms with Crippen molar-refractivity contribution in [2.75, 3.05) is 0 Å². The van der Waals surface area contributed by atoms with Gasteiger partial charge < -0.3 is 0 Å². The van der Waals surface area contributed by atoms with Crippen molar-refractivity contribution in [3.8, 4) is 0 Å². The van der Waals surface area contributed by atoms with Crippen LogP contribution in [0.4, 0.5) is 0 Å². The van der Waals surface area contributed by atoms with E-state index < -0.39 is 0 Å². The van der Waals surface area contributed by atoms with Crippen LogP contribution in [0.2, 0.25) is 0 Å². The number of hydrogen-bond donors (Lipinski definition) is 0. The molecule has 0 aromatic carbocycles. The van der Waals surface area contributed by atoms with Crippen LogP contribution in [0, 0.1) is 0 Å². The fourth-order valence-corrected chi connectivity index (χ4v) is 1.02. The molecule has 84 valence electrons. The summed E-state index contributed by atoms with van der Waals surface area (Å²) in [7, 11) is 0.634. The third-order valence-electron chi connectivity index (χ3n) is 1.69. The van der Waals surface area contributed by atoms with Gasteiger partial charge in [0.25, 0.3) is 0 Å². The summed E-state index contributed by atoms with van der Waals surface area (Å²) in [6.45, 7) is 11.1. The molecule has 3 nitrogen and oxygen atoms in total. The summed E-state index contributed by atoms with van der Waals surface area (Å²) < 4.78 is 0. The minimum Gasteiger partial charge on any atom is -0.299 e. The van der Waals surface area contributed by atoms with Gasteiger partial charge in [-0.25, -0.2) is 0 Å². The van der Waals surface area contributed by atoms with Crippen LogP contribution in [0.3, 0.4) is 0 Å². The second kappa shape index (κ2) is 9.71. The molecule has 0 heterocycles. The average Bonchev–Trinajstić information content (AvgIpc) is 2.31. The van der Waals surface area contributed by atoms with E-state index in [1.807, 2.05) is 44.2 Å². The van der Waals surface area contributed by atoms with E-state index in [0.717, 1.165) is 5.47 Å². The van der Waals surface area contributed by atoms with Gasteiger partial charge in [0.1, 0.15) is 0 Å². The molecule has 0 aliphatic heterocycles. The lowest BCUT2D eigenvalue weighted by Crippen LogP contribution is -2.16. The van der Waals surface area contributed by atoms with Gasteiger partial charge in [-0.3, -0.25) is 4.92 Å². The van der Waals surface area contributed by atoms with Crippen LogP contribution in [0.15, 0.2) is 71.7 Å². The number of nitrogens with zero attached hydrogens (tertiary/aromatic N) is 3. The zero-order valence-corrected chi connectivity index (χ0v) is 10.0. The molecule has 0 aromatic heterocycles. The Bertz CT molecular complexity index is 327. The maximum atomic E-state index is 3.91. The highest BCUT2D eigenvalue weighted by molar-refractivity contribution is 6.43. The van der Waals surface area contributed by atoms with E-state index in [-0.39, 0.29) is 0 Å². The lowest BCUT2D eigenvalue weighted by molar-refractivity contribution is 0.595. The molecular formula is C12H18BN3. The third-order valence-corrected chi connectivity index (χ3v) is 1.69. The molecule has 0 saturated carbocycles. The van der Waals surface area contributed by atoms with Crippen LogP contribution in [-0.4, -0.2) is 12.3 Å². The van der Waals surface area contributed by atoms with Crippen LogP contribution in [-0.2, 0) is 0 Å². The Morgan fingerprint density at radius 2 is 2.00 bits per heavy atom. The molecule has 0 saturated heterocycles. The van der Waals surface area contributed by atoms with Crippen molar-refractivity contribution in [3.05, 3.63) is 61.4 Å². The van der Waals surface area contributed by atoms with Crippen LogP contribution in [0.25, 0.3) is 0 Å². The molecular weight excluding hydrogens is 197 g/mol. The molecule has 0 atom stereocenters. The smallest absolute Gasteiger partial charge is 0.299 e. The van der Waals surface area contributed by atoms with Gasteiger partial charge in [-0.05, 0) is 13.8 Å². The minimum atomic E-state index is 0.634. The predicted octanol–water partition coefficient (Wildman–Crippen LogP) is 3.33. The van der Waals surface area contributed by atoms with E-state index in [1.54, 1.807) is 11.1 Å².